The van der Waals surface area contributed by atoms with E-state index in [1.807, 2.05) is 0 Å². The maximum absolute atomic E-state index is 12.5. The molecule has 1 aliphatic rings. The number of ketones is 2. The minimum Gasteiger partial charge on any atom is -0.478 e. The maximum Gasteiger partial charge on any atom is 0.336 e. The molecule has 2 aromatic rings. The molecule has 0 unspecified atom stereocenters. The van der Waals surface area contributed by atoms with E-state index in [-0.39, 0.29) is 33.4 Å². The zero-order valence-corrected chi connectivity index (χ0v) is 13.4. The first-order valence-corrected chi connectivity index (χ1v) is 7.07. The number of rotatable bonds is 2. The fraction of sp³-hybridized carbons (Fsp3) is 0.111. The molecule has 1 aliphatic carbocycles. The van der Waals surface area contributed by atoms with E-state index in [4.69, 9.17) is 0 Å². The minimum atomic E-state index is -1.39. The summed E-state index contributed by atoms with van der Waals surface area (Å²) >= 11 is 0. The summed E-state index contributed by atoms with van der Waals surface area (Å²) in [5.41, 5.74) is -1.34. The molecule has 2 N–H and O–H groups in total. The van der Waals surface area contributed by atoms with Crippen molar-refractivity contribution in [2.24, 2.45) is 0 Å². The normalized spacial score (nSPS) is 11.8. The fourth-order valence-corrected chi connectivity index (χ4v) is 2.58. The first-order valence-electron chi connectivity index (χ1n) is 7.07. The van der Waals surface area contributed by atoms with Crippen molar-refractivity contribution >= 4 is 23.5 Å². The molecule has 0 saturated carbocycles. The summed E-state index contributed by atoms with van der Waals surface area (Å²) in [5.74, 6) is -4.11. The van der Waals surface area contributed by atoms with Crippen LogP contribution in [-0.2, 0) is 4.74 Å². The number of methoxy groups -OCH3 is 1. The molecule has 0 aliphatic heterocycles. The van der Waals surface area contributed by atoms with Gasteiger partial charge in [-0.2, -0.15) is 0 Å². The molecule has 3 rings (SSSR count). The van der Waals surface area contributed by atoms with Crippen LogP contribution in [0, 0.1) is 0 Å². The Morgan fingerprint density at radius 2 is 1.08 bits per heavy atom. The lowest BCUT2D eigenvalue weighted by atomic mass is 9.79. The number of carbonyl (C=O) groups excluding carboxylic acids is 2. The van der Waals surface area contributed by atoms with Crippen LogP contribution in [0.4, 0.5) is 0 Å². The van der Waals surface area contributed by atoms with Gasteiger partial charge in [0.15, 0.2) is 11.6 Å². The molecule has 7 heteroatoms. The molecule has 0 spiro atoms. The topological polar surface area (TPSA) is 118 Å². The largest absolute Gasteiger partial charge is 0.478 e. The summed E-state index contributed by atoms with van der Waals surface area (Å²) in [4.78, 5) is 47.7. The highest BCUT2D eigenvalue weighted by atomic mass is 16.4. The van der Waals surface area contributed by atoms with Gasteiger partial charge in [0.05, 0.1) is 11.1 Å². The molecule has 0 heterocycles. The Kier molecular flexibility index (Phi) is 5.09. The number of carboxylic acids is 2. The number of aromatic carboxylic acids is 2. The van der Waals surface area contributed by atoms with Crippen molar-refractivity contribution in [3.63, 3.8) is 0 Å². The molecule has 0 bridgehead atoms. The highest BCUT2D eigenvalue weighted by Crippen LogP contribution is 2.32. The molecule has 128 valence electrons. The average Bonchev–Trinajstić information content (AvgIpc) is 2.59. The van der Waals surface area contributed by atoms with Crippen molar-refractivity contribution < 1.29 is 34.1 Å². The third kappa shape index (κ3) is 3.05. The third-order valence-electron chi connectivity index (χ3n) is 3.54. The quantitative estimate of drug-likeness (QED) is 0.732. The molecule has 0 radical (unpaired) electrons. The van der Waals surface area contributed by atoms with Gasteiger partial charge in [-0.05, 0) is 12.1 Å². The smallest absolute Gasteiger partial charge is 0.336 e. The number of hydrogen-bond acceptors (Lipinski definition) is 5. The van der Waals surface area contributed by atoms with Gasteiger partial charge < -0.3 is 14.9 Å². The van der Waals surface area contributed by atoms with Crippen molar-refractivity contribution in [3.05, 3.63) is 69.8 Å². The average molecular weight is 342 g/mol. The standard InChI is InChI=1S/C16H8O6.C2H6O/c17-13-7-3-1-2-4-8(7)14(18)12-10(16(21)22)6-5-9(11(12)13)15(19)20;1-3-2/h1-6H,(H,19,20)(H,21,22);1-2H3. The van der Waals surface area contributed by atoms with Gasteiger partial charge in [0.1, 0.15) is 0 Å². The maximum atomic E-state index is 12.5. The fourth-order valence-electron chi connectivity index (χ4n) is 2.58. The lowest BCUT2D eigenvalue weighted by Gasteiger charge is -2.20. The van der Waals surface area contributed by atoms with Crippen LogP contribution < -0.4 is 0 Å². The second-order valence-electron chi connectivity index (χ2n) is 5.13. The molecule has 0 amide bonds. The second-order valence-corrected chi connectivity index (χ2v) is 5.13. The van der Waals surface area contributed by atoms with Crippen molar-refractivity contribution in [1.82, 2.24) is 0 Å². The zero-order valence-electron chi connectivity index (χ0n) is 13.4. The van der Waals surface area contributed by atoms with Crippen LogP contribution in [-0.4, -0.2) is 47.9 Å². The highest BCUT2D eigenvalue weighted by molar-refractivity contribution is 6.32. The summed E-state index contributed by atoms with van der Waals surface area (Å²) in [7, 11) is 3.25. The van der Waals surface area contributed by atoms with Crippen LogP contribution >= 0.6 is 0 Å². The van der Waals surface area contributed by atoms with E-state index >= 15 is 0 Å². The van der Waals surface area contributed by atoms with Crippen LogP contribution in [0.2, 0.25) is 0 Å². The SMILES string of the molecule is COC.O=C(O)c1ccc(C(=O)O)c2c1C(=O)c1ccccc1C2=O. The summed E-state index contributed by atoms with van der Waals surface area (Å²) in [5, 5.41) is 18.4. The van der Waals surface area contributed by atoms with E-state index in [2.05, 4.69) is 4.74 Å². The van der Waals surface area contributed by atoms with Gasteiger partial charge >= 0.3 is 11.9 Å². The highest BCUT2D eigenvalue weighted by Gasteiger charge is 2.36. The Morgan fingerprint density at radius 3 is 1.36 bits per heavy atom. The van der Waals surface area contributed by atoms with Crippen LogP contribution in [0.15, 0.2) is 36.4 Å². The van der Waals surface area contributed by atoms with Crippen LogP contribution in [0.5, 0.6) is 0 Å². The van der Waals surface area contributed by atoms with E-state index in [1.165, 1.54) is 12.1 Å². The molecule has 0 fully saturated rings. The van der Waals surface area contributed by atoms with Gasteiger partial charge in [-0.25, -0.2) is 9.59 Å². The predicted molar refractivity (Wildman–Crippen MR) is 86.6 cm³/mol. The van der Waals surface area contributed by atoms with Crippen molar-refractivity contribution in [2.75, 3.05) is 14.2 Å². The van der Waals surface area contributed by atoms with Gasteiger partial charge in [0.25, 0.3) is 0 Å². The Morgan fingerprint density at radius 1 is 0.760 bits per heavy atom. The van der Waals surface area contributed by atoms with Gasteiger partial charge in [-0.3, -0.25) is 9.59 Å². The van der Waals surface area contributed by atoms with E-state index in [0.29, 0.717) is 0 Å². The van der Waals surface area contributed by atoms with E-state index in [9.17, 15) is 29.4 Å². The van der Waals surface area contributed by atoms with E-state index in [0.717, 1.165) is 12.1 Å². The Hall–Kier alpha value is -3.32. The summed E-state index contributed by atoms with van der Waals surface area (Å²) in [6, 6.07) is 8.00. The molecular formula is C18H14O7. The Bertz CT molecular complexity index is 824. The zero-order chi connectivity index (χ0) is 18.7. The number of fused-ring (bicyclic) bond motifs is 2. The van der Waals surface area contributed by atoms with Crippen LogP contribution in [0.3, 0.4) is 0 Å². The monoisotopic (exact) mass is 342 g/mol. The lowest BCUT2D eigenvalue weighted by Crippen LogP contribution is -2.26. The number of ether oxygens (including phenoxy) is 1. The molecular weight excluding hydrogens is 328 g/mol. The molecule has 25 heavy (non-hydrogen) atoms. The van der Waals surface area contributed by atoms with Gasteiger partial charge in [-0.15, -0.1) is 0 Å². The minimum absolute atomic E-state index is 0.0741. The lowest BCUT2D eigenvalue weighted by molar-refractivity contribution is 0.0676. The van der Waals surface area contributed by atoms with Gasteiger partial charge in [0, 0.05) is 36.5 Å². The number of benzene rings is 2. The summed E-state index contributed by atoms with van der Waals surface area (Å²) in [6.07, 6.45) is 0. The second kappa shape index (κ2) is 7.06. The summed E-state index contributed by atoms with van der Waals surface area (Å²) in [6.45, 7) is 0. The van der Waals surface area contributed by atoms with E-state index in [1.54, 1.807) is 26.4 Å². The van der Waals surface area contributed by atoms with Crippen molar-refractivity contribution in [2.45, 2.75) is 0 Å². The number of carboxylic acid groups (broad SMARTS) is 2. The summed E-state index contributed by atoms with van der Waals surface area (Å²) < 4.78 is 4.25. The van der Waals surface area contributed by atoms with Crippen LogP contribution in [0.1, 0.15) is 52.6 Å². The van der Waals surface area contributed by atoms with Crippen molar-refractivity contribution in [3.8, 4) is 0 Å². The van der Waals surface area contributed by atoms with Gasteiger partial charge in [-0.1, -0.05) is 24.3 Å². The molecule has 2 aromatic carbocycles. The molecule has 0 atom stereocenters. The van der Waals surface area contributed by atoms with Crippen LogP contribution in [0.25, 0.3) is 0 Å². The predicted octanol–water partition coefficient (Wildman–Crippen LogP) is 2.12. The number of carbonyl (C=O) groups is 4. The number of hydrogen-bond donors (Lipinski definition) is 2. The molecule has 0 saturated heterocycles. The Labute approximate surface area is 142 Å². The van der Waals surface area contributed by atoms with Crippen molar-refractivity contribution in [1.29, 1.82) is 0 Å². The third-order valence-corrected chi connectivity index (χ3v) is 3.54. The Balaban J connectivity index is 0.000000701. The first kappa shape index (κ1) is 18.0. The molecule has 0 aromatic heterocycles. The van der Waals surface area contributed by atoms with E-state index < -0.39 is 23.5 Å². The first-order chi connectivity index (χ1) is 11.8. The van der Waals surface area contributed by atoms with Gasteiger partial charge in [0.2, 0.25) is 0 Å². The molecule has 7 nitrogen and oxygen atoms in total.